The fourth-order valence-electron chi connectivity index (χ4n) is 0.284. The molecule has 55 valence electrons. The van der Waals surface area contributed by atoms with Crippen LogP contribution in [0.5, 0.6) is 0 Å². The summed E-state index contributed by atoms with van der Waals surface area (Å²) in [6, 6.07) is 0. The summed E-state index contributed by atoms with van der Waals surface area (Å²) < 4.78 is 16.5. The standard InChI is InChI=1S/C4H12NO3P/c1-4-8-9(6,7)5(2)3/h4H2,1-3H3,(H,6,7)/q+1. The molecule has 1 N–H and O–H groups in total. The topological polar surface area (TPSA) is 52.4 Å². The summed E-state index contributed by atoms with van der Waals surface area (Å²) in [5, 5.41) is 0. The van der Waals surface area contributed by atoms with Crippen LogP contribution in [0.15, 0.2) is 0 Å². The first-order chi connectivity index (χ1) is 4.00. The second kappa shape index (κ2) is 3.32. The van der Waals surface area contributed by atoms with Gasteiger partial charge in [-0.1, -0.05) is 4.67 Å². The van der Waals surface area contributed by atoms with Gasteiger partial charge in [0.25, 0.3) is 0 Å². The summed E-state index contributed by atoms with van der Waals surface area (Å²) in [5.41, 5.74) is 0. The largest absolute Gasteiger partial charge is 0.575 e. The van der Waals surface area contributed by atoms with Crippen molar-refractivity contribution in [2.75, 3.05) is 20.7 Å². The summed E-state index contributed by atoms with van der Waals surface area (Å²) in [6.07, 6.45) is 0. The Hall–Kier alpha value is 0.110. The minimum absolute atomic E-state index is 0.256. The van der Waals surface area contributed by atoms with Crippen molar-refractivity contribution in [2.45, 2.75) is 6.92 Å². The van der Waals surface area contributed by atoms with Crippen LogP contribution in [-0.4, -0.2) is 25.6 Å². The van der Waals surface area contributed by atoms with Crippen molar-refractivity contribution in [3.63, 3.8) is 0 Å². The van der Waals surface area contributed by atoms with Crippen LogP contribution >= 0.6 is 7.75 Å². The van der Waals surface area contributed by atoms with Crippen LogP contribution in [0.1, 0.15) is 6.92 Å². The Bertz CT molecular complexity index is 125. The lowest BCUT2D eigenvalue weighted by molar-refractivity contribution is 0.251. The van der Waals surface area contributed by atoms with Gasteiger partial charge in [0.15, 0.2) is 0 Å². The Morgan fingerprint density at radius 3 is 2.22 bits per heavy atom. The van der Waals surface area contributed by atoms with Crippen LogP contribution in [0, 0.1) is 0 Å². The fraction of sp³-hybridized carbons (Fsp3) is 1.00. The Morgan fingerprint density at radius 2 is 2.11 bits per heavy atom. The van der Waals surface area contributed by atoms with Crippen LogP contribution < -0.4 is 4.67 Å². The van der Waals surface area contributed by atoms with Gasteiger partial charge in [0, 0.05) is 0 Å². The van der Waals surface area contributed by atoms with Crippen LogP contribution in [0.3, 0.4) is 0 Å². The van der Waals surface area contributed by atoms with E-state index in [2.05, 4.69) is 4.52 Å². The highest BCUT2D eigenvalue weighted by Gasteiger charge is 2.32. The zero-order chi connectivity index (χ0) is 7.49. The zero-order valence-electron chi connectivity index (χ0n) is 5.87. The first-order valence-electron chi connectivity index (χ1n) is 2.66. The van der Waals surface area contributed by atoms with E-state index in [1.165, 1.54) is 14.1 Å². The molecular formula is C4H12NO3P+. The molecule has 9 heavy (non-hydrogen) atoms. The predicted molar refractivity (Wildman–Crippen MR) is 35.4 cm³/mol. The summed E-state index contributed by atoms with van der Waals surface area (Å²) in [6.45, 7) is 1.93. The molecule has 0 aromatic heterocycles. The molecule has 0 fully saturated rings. The molecule has 5 heteroatoms. The van der Waals surface area contributed by atoms with Crippen molar-refractivity contribution in [3.8, 4) is 0 Å². The zero-order valence-corrected chi connectivity index (χ0v) is 6.76. The van der Waals surface area contributed by atoms with Gasteiger partial charge in [-0.2, -0.15) is 4.57 Å². The lowest BCUT2D eigenvalue weighted by Crippen LogP contribution is -2.15. The third-order valence-electron chi connectivity index (χ3n) is 0.803. The second-order valence-electron chi connectivity index (χ2n) is 1.76. The van der Waals surface area contributed by atoms with E-state index in [0.29, 0.717) is 0 Å². The molecule has 0 aromatic carbocycles. The average Bonchev–Trinajstić information content (AvgIpc) is 1.65. The van der Waals surface area contributed by atoms with Crippen LogP contribution in [0.25, 0.3) is 0 Å². The Morgan fingerprint density at radius 1 is 1.67 bits per heavy atom. The minimum atomic E-state index is -3.43. The first kappa shape index (κ1) is 9.11. The fourth-order valence-corrected chi connectivity index (χ4v) is 0.851. The van der Waals surface area contributed by atoms with Crippen LogP contribution in [0.2, 0.25) is 0 Å². The van der Waals surface area contributed by atoms with Gasteiger partial charge in [-0.05, 0) is 6.92 Å². The van der Waals surface area contributed by atoms with Crippen molar-refractivity contribution < 1.29 is 14.0 Å². The highest BCUT2D eigenvalue weighted by Crippen LogP contribution is 2.40. The van der Waals surface area contributed by atoms with Crippen molar-refractivity contribution in [3.05, 3.63) is 0 Å². The molecule has 0 heterocycles. The van der Waals surface area contributed by atoms with E-state index in [1.54, 1.807) is 6.92 Å². The number of hydrogen-bond donors (Lipinski definition) is 1. The van der Waals surface area contributed by atoms with Crippen LogP contribution in [-0.2, 0) is 9.09 Å². The Balaban J connectivity index is 3.87. The van der Waals surface area contributed by atoms with Gasteiger partial charge >= 0.3 is 7.75 Å². The number of hydrogen-bond acceptors (Lipinski definition) is 2. The maximum absolute atomic E-state index is 10.8. The van der Waals surface area contributed by atoms with Crippen molar-refractivity contribution >= 4 is 7.75 Å². The van der Waals surface area contributed by atoms with Gasteiger partial charge in [-0.25, -0.2) is 0 Å². The highest BCUT2D eigenvalue weighted by atomic mass is 31.2. The quantitative estimate of drug-likeness (QED) is 0.601. The van der Waals surface area contributed by atoms with E-state index in [-0.39, 0.29) is 6.61 Å². The van der Waals surface area contributed by atoms with E-state index in [9.17, 15) is 4.57 Å². The molecule has 0 aromatic rings. The number of rotatable bonds is 3. The summed E-state index contributed by atoms with van der Waals surface area (Å²) >= 11 is 0. The molecule has 1 radical (unpaired) electrons. The lowest BCUT2D eigenvalue weighted by Gasteiger charge is -2.05. The molecule has 0 rings (SSSR count). The van der Waals surface area contributed by atoms with Crippen LogP contribution in [0.4, 0.5) is 0 Å². The van der Waals surface area contributed by atoms with E-state index >= 15 is 0 Å². The van der Waals surface area contributed by atoms with Gasteiger partial charge in [-0.15, -0.1) is 0 Å². The third kappa shape index (κ3) is 2.96. The molecule has 1 atom stereocenters. The predicted octanol–water partition coefficient (Wildman–Crippen LogP) is 0.523. The van der Waals surface area contributed by atoms with E-state index in [1.807, 2.05) is 0 Å². The molecule has 4 nitrogen and oxygen atoms in total. The first-order valence-corrected chi connectivity index (χ1v) is 4.19. The molecule has 0 aliphatic heterocycles. The van der Waals surface area contributed by atoms with Crippen molar-refractivity contribution in [1.82, 2.24) is 4.67 Å². The maximum Gasteiger partial charge on any atom is 0.575 e. The molecule has 0 bridgehead atoms. The molecule has 0 spiro atoms. The molecule has 0 saturated carbocycles. The van der Waals surface area contributed by atoms with Gasteiger partial charge in [-0.3, -0.25) is 9.42 Å². The normalized spacial score (nSPS) is 17.9. The Labute approximate surface area is 55.0 Å². The SMILES string of the molecule is CCOP(=O)(O)[N+](C)C. The molecule has 1 unspecified atom stereocenters. The smallest absolute Gasteiger partial charge is 0.275 e. The highest BCUT2D eigenvalue weighted by molar-refractivity contribution is 7.51. The monoisotopic (exact) mass is 153 g/mol. The molecule has 0 aliphatic rings. The average molecular weight is 153 g/mol. The van der Waals surface area contributed by atoms with Gasteiger partial charge in [0.1, 0.15) is 14.1 Å². The maximum atomic E-state index is 10.8. The van der Waals surface area contributed by atoms with Crippen molar-refractivity contribution in [2.24, 2.45) is 0 Å². The number of nitrogens with zero attached hydrogens (tertiary/aromatic N) is 1. The van der Waals surface area contributed by atoms with E-state index in [0.717, 1.165) is 4.67 Å². The summed E-state index contributed by atoms with van der Waals surface area (Å²) in [5.74, 6) is 0. The second-order valence-corrected chi connectivity index (χ2v) is 3.79. The molecular weight excluding hydrogens is 141 g/mol. The minimum Gasteiger partial charge on any atom is -0.275 e. The summed E-state index contributed by atoms with van der Waals surface area (Å²) in [7, 11) is -0.438. The van der Waals surface area contributed by atoms with Gasteiger partial charge in [0.05, 0.1) is 6.61 Å². The lowest BCUT2D eigenvalue weighted by atomic mass is 10.9. The molecule has 0 amide bonds. The Kier molecular flexibility index (Phi) is 3.36. The molecule has 0 saturated heterocycles. The summed E-state index contributed by atoms with van der Waals surface area (Å²) in [4.78, 5) is 8.85. The van der Waals surface area contributed by atoms with E-state index in [4.69, 9.17) is 4.89 Å². The van der Waals surface area contributed by atoms with Gasteiger partial charge < -0.3 is 0 Å². The third-order valence-corrected chi connectivity index (χ3v) is 2.41. The molecule has 0 aliphatic carbocycles. The van der Waals surface area contributed by atoms with Gasteiger partial charge in [0.2, 0.25) is 0 Å². The van der Waals surface area contributed by atoms with Crippen molar-refractivity contribution in [1.29, 1.82) is 0 Å². The van der Waals surface area contributed by atoms with E-state index < -0.39 is 7.75 Å².